The molecule has 2 heterocycles. The molecule has 0 aliphatic carbocycles. The van der Waals surface area contributed by atoms with Crippen molar-refractivity contribution < 1.29 is 0 Å². The predicted molar refractivity (Wildman–Crippen MR) is 57.7 cm³/mol. The Hall–Kier alpha value is -1.79. The number of aromatic nitrogens is 4. The SMILES string of the molecule is CPc1c(C#N)cnn1-c1ncccn1. The third-order valence-electron chi connectivity index (χ3n) is 1.87. The standard InChI is InChI=1S/C9H8N5P/c1-15-8-7(5-10)6-13-14(8)9-11-3-2-4-12-9/h2-4,6,15H,1H3. The molecule has 5 nitrogen and oxygen atoms in total. The zero-order valence-electron chi connectivity index (χ0n) is 8.05. The molecule has 6 heteroatoms. The summed E-state index contributed by atoms with van der Waals surface area (Å²) in [6.07, 6.45) is 4.85. The average Bonchev–Trinajstić information content (AvgIpc) is 2.72. The van der Waals surface area contributed by atoms with Gasteiger partial charge in [-0.05, 0) is 12.7 Å². The van der Waals surface area contributed by atoms with Gasteiger partial charge in [0.15, 0.2) is 0 Å². The van der Waals surface area contributed by atoms with Crippen LogP contribution in [0.25, 0.3) is 5.95 Å². The van der Waals surface area contributed by atoms with Crippen LogP contribution in [0.15, 0.2) is 24.7 Å². The molecule has 0 aliphatic heterocycles. The molecule has 0 aromatic carbocycles. The minimum Gasteiger partial charge on any atom is -0.220 e. The maximum atomic E-state index is 8.87. The second-order valence-corrected chi connectivity index (χ2v) is 3.70. The van der Waals surface area contributed by atoms with Crippen LogP contribution in [-0.4, -0.2) is 26.4 Å². The van der Waals surface area contributed by atoms with E-state index in [-0.39, 0.29) is 0 Å². The lowest BCUT2D eigenvalue weighted by Gasteiger charge is -2.02. The van der Waals surface area contributed by atoms with Crippen molar-refractivity contribution in [3.63, 3.8) is 0 Å². The van der Waals surface area contributed by atoms with Crippen LogP contribution in [0.5, 0.6) is 0 Å². The predicted octanol–water partition coefficient (Wildman–Crippen LogP) is 0.468. The molecule has 2 rings (SSSR count). The van der Waals surface area contributed by atoms with Gasteiger partial charge < -0.3 is 0 Å². The van der Waals surface area contributed by atoms with E-state index in [9.17, 15) is 0 Å². The molecule has 0 aliphatic rings. The van der Waals surface area contributed by atoms with E-state index in [2.05, 4.69) is 21.1 Å². The molecule has 0 saturated heterocycles. The van der Waals surface area contributed by atoms with E-state index in [1.807, 2.05) is 6.66 Å². The molecule has 2 aromatic heterocycles. The molecule has 0 N–H and O–H groups in total. The van der Waals surface area contributed by atoms with Crippen molar-refractivity contribution in [3.05, 3.63) is 30.2 Å². The number of hydrogen-bond donors (Lipinski definition) is 0. The van der Waals surface area contributed by atoms with Gasteiger partial charge >= 0.3 is 0 Å². The van der Waals surface area contributed by atoms with E-state index in [1.165, 1.54) is 0 Å². The summed E-state index contributed by atoms with van der Waals surface area (Å²) in [6.45, 7) is 2.00. The van der Waals surface area contributed by atoms with Gasteiger partial charge in [0, 0.05) is 12.4 Å². The summed E-state index contributed by atoms with van der Waals surface area (Å²) >= 11 is 0. The van der Waals surface area contributed by atoms with Gasteiger partial charge in [-0.1, -0.05) is 8.58 Å². The quantitative estimate of drug-likeness (QED) is 0.685. The van der Waals surface area contributed by atoms with Crippen LogP contribution in [0.2, 0.25) is 0 Å². The van der Waals surface area contributed by atoms with Crippen molar-refractivity contribution in [1.82, 2.24) is 19.7 Å². The summed E-state index contributed by atoms with van der Waals surface area (Å²) in [5, 5.41) is 13.0. The first-order chi connectivity index (χ1) is 7.36. The Kier molecular flexibility index (Phi) is 2.70. The molecular formula is C9H8N5P. The molecule has 74 valence electrons. The molecule has 15 heavy (non-hydrogen) atoms. The van der Waals surface area contributed by atoms with Crippen molar-refractivity contribution >= 4 is 14.0 Å². The Morgan fingerprint density at radius 2 is 2.13 bits per heavy atom. The van der Waals surface area contributed by atoms with E-state index in [4.69, 9.17) is 5.26 Å². The fraction of sp³-hybridized carbons (Fsp3) is 0.111. The maximum Gasteiger partial charge on any atom is 0.251 e. The van der Waals surface area contributed by atoms with Crippen LogP contribution in [0, 0.1) is 11.3 Å². The fourth-order valence-electron chi connectivity index (χ4n) is 1.22. The van der Waals surface area contributed by atoms with E-state index in [0.29, 0.717) is 20.1 Å². The highest BCUT2D eigenvalue weighted by molar-refractivity contribution is 7.46. The van der Waals surface area contributed by atoms with Crippen molar-refractivity contribution in [2.24, 2.45) is 0 Å². The Morgan fingerprint density at radius 1 is 1.40 bits per heavy atom. The molecule has 0 amide bonds. The van der Waals surface area contributed by atoms with E-state index in [1.54, 1.807) is 29.3 Å². The van der Waals surface area contributed by atoms with E-state index < -0.39 is 0 Å². The Balaban J connectivity index is 2.55. The van der Waals surface area contributed by atoms with Gasteiger partial charge in [0.2, 0.25) is 0 Å². The van der Waals surface area contributed by atoms with Crippen LogP contribution >= 0.6 is 8.58 Å². The second kappa shape index (κ2) is 4.16. The lowest BCUT2D eigenvalue weighted by molar-refractivity contribution is 0.827. The lowest BCUT2D eigenvalue weighted by atomic mass is 10.4. The Bertz CT molecular complexity index is 499. The average molecular weight is 217 g/mol. The normalized spacial score (nSPS) is 10.7. The molecule has 0 fully saturated rings. The fourth-order valence-corrected chi connectivity index (χ4v) is 1.98. The van der Waals surface area contributed by atoms with E-state index >= 15 is 0 Å². The second-order valence-electron chi connectivity index (χ2n) is 2.73. The molecule has 0 bridgehead atoms. The Morgan fingerprint density at radius 3 is 2.73 bits per heavy atom. The summed E-state index contributed by atoms with van der Waals surface area (Å²) in [4.78, 5) is 8.18. The lowest BCUT2D eigenvalue weighted by Crippen LogP contribution is -2.15. The summed E-state index contributed by atoms with van der Waals surface area (Å²) in [5.74, 6) is 0.503. The topological polar surface area (TPSA) is 67.4 Å². The highest BCUT2D eigenvalue weighted by Gasteiger charge is 2.11. The highest BCUT2D eigenvalue weighted by atomic mass is 31.1. The molecular weight excluding hydrogens is 209 g/mol. The third-order valence-corrected chi connectivity index (χ3v) is 2.82. The Labute approximate surface area is 88.6 Å². The summed E-state index contributed by atoms with van der Waals surface area (Å²) in [5.41, 5.74) is 1.45. The van der Waals surface area contributed by atoms with Gasteiger partial charge in [0.05, 0.1) is 17.2 Å². The third kappa shape index (κ3) is 1.72. The van der Waals surface area contributed by atoms with Crippen LogP contribution in [-0.2, 0) is 0 Å². The van der Waals surface area contributed by atoms with Gasteiger partial charge in [-0.15, -0.1) is 0 Å². The molecule has 2 aromatic rings. The number of nitriles is 1. The van der Waals surface area contributed by atoms with Crippen molar-refractivity contribution in [3.8, 4) is 12.0 Å². The van der Waals surface area contributed by atoms with Crippen molar-refractivity contribution in [1.29, 1.82) is 5.26 Å². The minimum atomic E-state index is 0.482. The van der Waals surface area contributed by atoms with Crippen molar-refractivity contribution in [2.75, 3.05) is 6.66 Å². The highest BCUT2D eigenvalue weighted by Crippen LogP contribution is 2.10. The number of hydrogen-bond acceptors (Lipinski definition) is 4. The van der Waals surface area contributed by atoms with Gasteiger partial charge in [-0.3, -0.25) is 0 Å². The van der Waals surface area contributed by atoms with Gasteiger partial charge in [0.25, 0.3) is 5.95 Å². The summed E-state index contributed by atoms with van der Waals surface area (Å²) in [6, 6.07) is 3.85. The van der Waals surface area contributed by atoms with Gasteiger partial charge in [-0.2, -0.15) is 15.0 Å². The zero-order valence-corrected chi connectivity index (χ0v) is 9.05. The van der Waals surface area contributed by atoms with Crippen LogP contribution in [0.1, 0.15) is 5.56 Å². The number of rotatable bonds is 2. The maximum absolute atomic E-state index is 8.87. The van der Waals surface area contributed by atoms with Crippen LogP contribution in [0.3, 0.4) is 0 Å². The molecule has 0 spiro atoms. The molecule has 1 unspecified atom stereocenters. The summed E-state index contributed by atoms with van der Waals surface area (Å²) in [7, 11) is 0.482. The smallest absolute Gasteiger partial charge is 0.220 e. The minimum absolute atomic E-state index is 0.482. The van der Waals surface area contributed by atoms with Crippen LogP contribution in [0.4, 0.5) is 0 Å². The zero-order chi connectivity index (χ0) is 10.7. The largest absolute Gasteiger partial charge is 0.251 e. The molecule has 0 radical (unpaired) electrons. The first kappa shape index (κ1) is 9.75. The van der Waals surface area contributed by atoms with Gasteiger partial charge in [-0.25, -0.2) is 9.97 Å². The first-order valence-corrected chi connectivity index (χ1v) is 5.80. The molecule has 0 saturated carbocycles. The first-order valence-electron chi connectivity index (χ1n) is 4.30. The van der Waals surface area contributed by atoms with Crippen LogP contribution < -0.4 is 5.44 Å². The summed E-state index contributed by atoms with van der Waals surface area (Å²) < 4.78 is 1.61. The van der Waals surface area contributed by atoms with Gasteiger partial charge in [0.1, 0.15) is 6.07 Å². The molecule has 1 atom stereocenters. The van der Waals surface area contributed by atoms with E-state index in [0.717, 1.165) is 5.44 Å². The van der Waals surface area contributed by atoms with Crippen molar-refractivity contribution in [2.45, 2.75) is 0 Å². The monoisotopic (exact) mass is 217 g/mol. The number of nitrogens with zero attached hydrogens (tertiary/aromatic N) is 5.